The molecule has 4 aliphatic rings. The molecule has 2 aliphatic carbocycles. The van der Waals surface area contributed by atoms with Crippen LogP contribution in [0.15, 0.2) is 4.52 Å². The number of aromatic nitrogens is 2. The minimum Gasteiger partial charge on any atom is -0.343 e. The molecule has 5 rings (SSSR count). The second kappa shape index (κ2) is 10.5. The summed E-state index contributed by atoms with van der Waals surface area (Å²) in [5.41, 5.74) is -0.369. The third kappa shape index (κ3) is 5.56. The van der Waals surface area contributed by atoms with Gasteiger partial charge in [0, 0.05) is 49.3 Å². The van der Waals surface area contributed by atoms with Crippen molar-refractivity contribution in [3.63, 3.8) is 0 Å². The summed E-state index contributed by atoms with van der Waals surface area (Å²) in [7, 11) is 2.13. The second-order valence-corrected chi connectivity index (χ2v) is 12.1. The third-order valence-corrected chi connectivity index (χ3v) is 9.73. The zero-order valence-electron chi connectivity index (χ0n) is 22.5. The molecule has 3 heterocycles. The Labute approximate surface area is 218 Å². The molecular formula is C27H42F3N5O2. The topological polar surface area (TPSA) is 65.7 Å². The van der Waals surface area contributed by atoms with Gasteiger partial charge in [0.25, 0.3) is 5.92 Å². The minimum atomic E-state index is -2.82. The number of piperidine rings is 2. The summed E-state index contributed by atoms with van der Waals surface area (Å²) in [6.07, 6.45) is 3.79. The first kappa shape index (κ1) is 26.9. The smallest absolute Gasteiger partial charge is 0.252 e. The van der Waals surface area contributed by atoms with Gasteiger partial charge in [-0.2, -0.15) is 4.98 Å². The lowest BCUT2D eigenvalue weighted by atomic mass is 9.76. The summed E-state index contributed by atoms with van der Waals surface area (Å²) >= 11 is 0. The molecule has 10 heteroatoms. The Hall–Kier alpha value is -1.68. The van der Waals surface area contributed by atoms with Crippen LogP contribution in [0.2, 0.25) is 0 Å². The van der Waals surface area contributed by atoms with E-state index in [1.54, 1.807) is 4.90 Å². The highest BCUT2D eigenvalue weighted by Crippen LogP contribution is 2.45. The Kier molecular flexibility index (Phi) is 7.62. The highest BCUT2D eigenvalue weighted by Gasteiger charge is 2.51. The van der Waals surface area contributed by atoms with Crippen LogP contribution in [0.5, 0.6) is 0 Å². The van der Waals surface area contributed by atoms with Crippen molar-refractivity contribution in [3.8, 4) is 0 Å². The quantitative estimate of drug-likeness (QED) is 0.526. The number of carbonyl (C=O) groups excluding carboxylic acids is 1. The lowest BCUT2D eigenvalue weighted by Gasteiger charge is -2.47. The second-order valence-electron chi connectivity index (χ2n) is 12.1. The number of rotatable bonds is 7. The van der Waals surface area contributed by atoms with E-state index >= 15 is 8.78 Å². The number of halogens is 3. The van der Waals surface area contributed by atoms with Gasteiger partial charge in [-0.15, -0.1) is 0 Å². The summed E-state index contributed by atoms with van der Waals surface area (Å²) in [6, 6.07) is 0.265. The van der Waals surface area contributed by atoms with Crippen LogP contribution in [0, 0.1) is 5.92 Å². The van der Waals surface area contributed by atoms with Crippen molar-refractivity contribution < 1.29 is 22.5 Å². The van der Waals surface area contributed by atoms with E-state index in [9.17, 15) is 9.18 Å². The lowest BCUT2D eigenvalue weighted by Crippen LogP contribution is -2.55. The van der Waals surface area contributed by atoms with Gasteiger partial charge in [-0.05, 0) is 71.6 Å². The number of hydrogen-bond donors (Lipinski definition) is 0. The van der Waals surface area contributed by atoms with Crippen molar-refractivity contribution in [1.82, 2.24) is 24.8 Å². The molecule has 208 valence electrons. The Morgan fingerprint density at radius 1 is 1.14 bits per heavy atom. The largest absolute Gasteiger partial charge is 0.343 e. The van der Waals surface area contributed by atoms with Crippen LogP contribution < -0.4 is 0 Å². The normalized spacial score (nSPS) is 32.6. The number of carbonyl (C=O) groups is 1. The summed E-state index contributed by atoms with van der Waals surface area (Å²) in [6.45, 7) is 7.77. The summed E-state index contributed by atoms with van der Waals surface area (Å²) in [4.78, 5) is 24.1. The van der Waals surface area contributed by atoms with Gasteiger partial charge in [0.2, 0.25) is 11.8 Å². The van der Waals surface area contributed by atoms with E-state index in [2.05, 4.69) is 33.9 Å². The zero-order valence-corrected chi connectivity index (χ0v) is 22.5. The molecule has 37 heavy (non-hydrogen) atoms. The van der Waals surface area contributed by atoms with Crippen molar-refractivity contribution in [2.75, 3.05) is 39.8 Å². The predicted molar refractivity (Wildman–Crippen MR) is 133 cm³/mol. The standard InChI is InChI=1S/C27H42F3N5O2/c1-4-33(3)18-7-12-34(13-8-18)22-6-5-9-27(29,30)20(22)17-23(36)35-14-10-26(2,11-15-35)25-31-24(37-32-25)19-16-21(19)28/h18-22H,4-17H2,1-3H3/t19?,20-,21+,22+/m1/s1. The number of nitrogens with zero attached hydrogens (tertiary/aromatic N) is 5. The maximum absolute atomic E-state index is 15.2. The number of amides is 1. The van der Waals surface area contributed by atoms with Crippen molar-refractivity contribution in [2.24, 2.45) is 5.92 Å². The molecule has 7 nitrogen and oxygen atoms in total. The van der Waals surface area contributed by atoms with Crippen molar-refractivity contribution >= 4 is 5.91 Å². The molecule has 4 fully saturated rings. The molecule has 0 aromatic carbocycles. The zero-order chi connectivity index (χ0) is 26.4. The predicted octanol–water partition coefficient (Wildman–Crippen LogP) is 4.39. The Morgan fingerprint density at radius 3 is 2.43 bits per heavy atom. The van der Waals surface area contributed by atoms with Gasteiger partial charge in [0.15, 0.2) is 5.82 Å². The van der Waals surface area contributed by atoms with E-state index in [1.165, 1.54) is 0 Å². The molecule has 2 saturated carbocycles. The average Bonchev–Trinajstić information content (AvgIpc) is 3.40. The van der Waals surface area contributed by atoms with E-state index in [-0.39, 0.29) is 36.1 Å². The molecular weight excluding hydrogens is 483 g/mol. The van der Waals surface area contributed by atoms with Gasteiger partial charge in [0.05, 0.1) is 5.92 Å². The first-order valence-corrected chi connectivity index (χ1v) is 14.2. The van der Waals surface area contributed by atoms with E-state index in [4.69, 9.17) is 4.52 Å². The SMILES string of the molecule is CCN(C)C1CCN([C@H]2CCCC(F)(F)[C@@H]2CC(=O)N2CCC(C)(c3noc(C4C[C@@H]4F)n3)CC2)CC1. The fourth-order valence-corrected chi connectivity index (χ4v) is 6.69. The van der Waals surface area contributed by atoms with Gasteiger partial charge in [-0.3, -0.25) is 9.69 Å². The summed E-state index contributed by atoms with van der Waals surface area (Å²) in [5.74, 6) is -3.29. The first-order valence-electron chi connectivity index (χ1n) is 14.2. The summed E-state index contributed by atoms with van der Waals surface area (Å²) in [5, 5.41) is 4.11. The molecule has 0 N–H and O–H groups in total. The van der Waals surface area contributed by atoms with Gasteiger partial charge >= 0.3 is 0 Å². The molecule has 0 bridgehead atoms. The van der Waals surface area contributed by atoms with Crippen molar-refractivity contribution in [1.29, 1.82) is 0 Å². The van der Waals surface area contributed by atoms with E-state index in [0.717, 1.165) is 38.9 Å². The average molecular weight is 526 g/mol. The van der Waals surface area contributed by atoms with Gasteiger partial charge < -0.3 is 14.3 Å². The van der Waals surface area contributed by atoms with Gasteiger partial charge in [-0.1, -0.05) is 19.0 Å². The summed E-state index contributed by atoms with van der Waals surface area (Å²) < 4.78 is 49.2. The van der Waals surface area contributed by atoms with Crippen LogP contribution in [0.3, 0.4) is 0 Å². The highest BCUT2D eigenvalue weighted by molar-refractivity contribution is 5.76. The maximum Gasteiger partial charge on any atom is 0.252 e. The fraction of sp³-hybridized carbons (Fsp3) is 0.889. The monoisotopic (exact) mass is 525 g/mol. The molecule has 1 aromatic rings. The molecule has 0 spiro atoms. The van der Waals surface area contributed by atoms with Gasteiger partial charge in [0.1, 0.15) is 6.17 Å². The first-order chi connectivity index (χ1) is 17.6. The van der Waals surface area contributed by atoms with Crippen LogP contribution in [0.1, 0.15) is 89.3 Å². The number of likely N-dealkylation sites (tertiary alicyclic amines) is 2. The molecule has 1 aromatic heterocycles. The Morgan fingerprint density at radius 2 is 1.81 bits per heavy atom. The fourth-order valence-electron chi connectivity index (χ4n) is 6.69. The van der Waals surface area contributed by atoms with Crippen LogP contribution in [-0.4, -0.2) is 94.7 Å². The lowest BCUT2D eigenvalue weighted by molar-refractivity contribution is -0.151. The van der Waals surface area contributed by atoms with Crippen LogP contribution in [0.4, 0.5) is 13.2 Å². The molecule has 0 radical (unpaired) electrons. The minimum absolute atomic E-state index is 0.102. The molecule has 1 amide bonds. The Bertz CT molecular complexity index is 942. The third-order valence-electron chi connectivity index (χ3n) is 9.73. The van der Waals surface area contributed by atoms with Crippen molar-refractivity contribution in [3.05, 3.63) is 11.7 Å². The van der Waals surface area contributed by atoms with Crippen LogP contribution >= 0.6 is 0 Å². The number of hydrogen-bond acceptors (Lipinski definition) is 6. The molecule has 4 atom stereocenters. The van der Waals surface area contributed by atoms with E-state index in [0.29, 0.717) is 56.5 Å². The van der Waals surface area contributed by atoms with Crippen LogP contribution in [-0.2, 0) is 10.2 Å². The highest BCUT2D eigenvalue weighted by atomic mass is 19.3. The Balaban J connectivity index is 1.19. The van der Waals surface area contributed by atoms with Crippen LogP contribution in [0.25, 0.3) is 0 Å². The van der Waals surface area contributed by atoms with E-state index < -0.39 is 18.0 Å². The molecule has 2 aliphatic heterocycles. The molecule has 2 saturated heterocycles. The van der Waals surface area contributed by atoms with Gasteiger partial charge in [-0.25, -0.2) is 13.2 Å². The molecule has 1 unspecified atom stereocenters. The maximum atomic E-state index is 15.2. The van der Waals surface area contributed by atoms with Crippen molar-refractivity contribution in [2.45, 2.75) is 107 Å². The van der Waals surface area contributed by atoms with E-state index in [1.807, 2.05) is 6.92 Å². The number of alkyl halides is 3.